The first-order valence-corrected chi connectivity index (χ1v) is 7.69. The van der Waals surface area contributed by atoms with Crippen LogP contribution in [0.25, 0.3) is 11.3 Å². The van der Waals surface area contributed by atoms with E-state index in [0.717, 1.165) is 5.56 Å². The molecule has 24 heavy (non-hydrogen) atoms. The number of carbonyl (C=O) groups is 3. The standard InChI is InChI=1S/C19H17NO4/c1-4-24-19(23)17-14-13(21)10-11(2)18(22)15(14)16(20(17)3)12-8-6-5-7-9-12/h5-10H,4H2,1-3H3. The van der Waals surface area contributed by atoms with Crippen LogP contribution in [-0.4, -0.2) is 28.7 Å². The molecule has 1 aliphatic rings. The molecular formula is C19H17NO4. The summed E-state index contributed by atoms with van der Waals surface area (Å²) in [6, 6.07) is 9.24. The maximum atomic E-state index is 12.7. The van der Waals surface area contributed by atoms with Crippen LogP contribution in [0.1, 0.15) is 45.1 Å². The van der Waals surface area contributed by atoms with E-state index in [-0.39, 0.29) is 35.0 Å². The number of Topliss-reactive ketones (excluding diaryl/α,β-unsaturated/α-hetero) is 1. The average Bonchev–Trinajstić information content (AvgIpc) is 2.87. The van der Waals surface area contributed by atoms with Crippen LogP contribution >= 0.6 is 0 Å². The average molecular weight is 323 g/mol. The fraction of sp³-hybridized carbons (Fsp3) is 0.211. The second-order valence-electron chi connectivity index (χ2n) is 5.61. The zero-order valence-corrected chi connectivity index (χ0v) is 13.8. The molecule has 0 radical (unpaired) electrons. The zero-order valence-electron chi connectivity index (χ0n) is 13.8. The molecule has 0 spiro atoms. The van der Waals surface area contributed by atoms with Gasteiger partial charge in [-0.1, -0.05) is 30.3 Å². The van der Waals surface area contributed by atoms with E-state index in [1.54, 1.807) is 25.5 Å². The van der Waals surface area contributed by atoms with Crippen molar-refractivity contribution in [3.05, 3.63) is 58.8 Å². The monoisotopic (exact) mass is 323 g/mol. The zero-order chi connectivity index (χ0) is 17.4. The lowest BCUT2D eigenvalue weighted by Crippen LogP contribution is -2.18. The summed E-state index contributed by atoms with van der Waals surface area (Å²) >= 11 is 0. The van der Waals surface area contributed by atoms with E-state index in [4.69, 9.17) is 4.74 Å². The molecule has 0 unspecified atom stereocenters. The van der Waals surface area contributed by atoms with Crippen molar-refractivity contribution in [2.45, 2.75) is 13.8 Å². The van der Waals surface area contributed by atoms with Crippen molar-refractivity contribution in [1.29, 1.82) is 0 Å². The second-order valence-corrected chi connectivity index (χ2v) is 5.61. The minimum Gasteiger partial charge on any atom is -0.461 e. The molecule has 0 saturated heterocycles. The lowest BCUT2D eigenvalue weighted by molar-refractivity contribution is 0.0512. The Morgan fingerprint density at radius 2 is 1.79 bits per heavy atom. The molecule has 0 fully saturated rings. The van der Waals surface area contributed by atoms with Crippen molar-refractivity contribution in [3.63, 3.8) is 0 Å². The van der Waals surface area contributed by atoms with Crippen LogP contribution in [-0.2, 0) is 11.8 Å². The number of carbonyl (C=O) groups excluding carboxylic acids is 3. The Hall–Kier alpha value is -2.95. The summed E-state index contributed by atoms with van der Waals surface area (Å²) < 4.78 is 6.67. The third-order valence-electron chi connectivity index (χ3n) is 4.09. The van der Waals surface area contributed by atoms with E-state index in [0.29, 0.717) is 11.3 Å². The van der Waals surface area contributed by atoms with Gasteiger partial charge in [0.05, 0.1) is 23.4 Å². The van der Waals surface area contributed by atoms with E-state index in [2.05, 4.69) is 0 Å². The van der Waals surface area contributed by atoms with Crippen LogP contribution in [0.5, 0.6) is 0 Å². The Balaban J connectivity index is 2.37. The topological polar surface area (TPSA) is 65.4 Å². The molecule has 1 aromatic carbocycles. The number of fused-ring (bicyclic) bond motifs is 1. The Morgan fingerprint density at radius 3 is 2.42 bits per heavy atom. The molecular weight excluding hydrogens is 306 g/mol. The lowest BCUT2D eigenvalue weighted by Gasteiger charge is -2.11. The van der Waals surface area contributed by atoms with Crippen LogP contribution in [0.4, 0.5) is 0 Å². The Kier molecular flexibility index (Phi) is 3.93. The summed E-state index contributed by atoms with van der Waals surface area (Å²) in [5.74, 6) is -1.19. The number of hydrogen-bond acceptors (Lipinski definition) is 4. The number of aromatic nitrogens is 1. The SMILES string of the molecule is CCOC(=O)c1c2c(c(-c3ccccc3)n1C)C(=O)C(C)=CC2=O. The minimum absolute atomic E-state index is 0.118. The highest BCUT2D eigenvalue weighted by atomic mass is 16.5. The summed E-state index contributed by atoms with van der Waals surface area (Å²) in [5, 5.41) is 0. The fourth-order valence-electron chi connectivity index (χ4n) is 3.05. The first-order chi connectivity index (χ1) is 11.5. The van der Waals surface area contributed by atoms with E-state index in [9.17, 15) is 14.4 Å². The number of hydrogen-bond donors (Lipinski definition) is 0. The number of rotatable bonds is 3. The van der Waals surface area contributed by atoms with Crippen LogP contribution in [0.15, 0.2) is 42.0 Å². The Morgan fingerprint density at radius 1 is 1.12 bits per heavy atom. The van der Waals surface area contributed by atoms with Crippen molar-refractivity contribution in [2.75, 3.05) is 6.61 Å². The normalized spacial score (nSPS) is 13.5. The van der Waals surface area contributed by atoms with Crippen molar-refractivity contribution < 1.29 is 19.1 Å². The molecule has 5 heteroatoms. The lowest BCUT2D eigenvalue weighted by atomic mass is 9.89. The van der Waals surface area contributed by atoms with Gasteiger partial charge in [0.25, 0.3) is 0 Å². The molecule has 122 valence electrons. The van der Waals surface area contributed by atoms with Gasteiger partial charge in [0.1, 0.15) is 5.69 Å². The number of nitrogens with zero attached hydrogens (tertiary/aromatic N) is 1. The van der Waals surface area contributed by atoms with Gasteiger partial charge in [-0.2, -0.15) is 0 Å². The number of benzene rings is 1. The van der Waals surface area contributed by atoms with Gasteiger partial charge in [-0.3, -0.25) is 9.59 Å². The molecule has 0 aliphatic heterocycles. The maximum absolute atomic E-state index is 12.7. The molecule has 5 nitrogen and oxygen atoms in total. The molecule has 3 rings (SSSR count). The Bertz CT molecular complexity index is 888. The quantitative estimate of drug-likeness (QED) is 0.814. The summed E-state index contributed by atoms with van der Waals surface area (Å²) in [4.78, 5) is 37.6. The number of esters is 1. The Labute approximate surface area is 139 Å². The largest absolute Gasteiger partial charge is 0.461 e. The molecule has 2 aromatic rings. The summed E-state index contributed by atoms with van der Waals surface area (Å²) in [5.41, 5.74) is 2.21. The first kappa shape index (κ1) is 15.9. The van der Waals surface area contributed by atoms with Crippen LogP contribution in [0, 0.1) is 0 Å². The summed E-state index contributed by atoms with van der Waals surface area (Å²) in [6.07, 6.45) is 1.28. The highest BCUT2D eigenvalue weighted by Crippen LogP contribution is 2.36. The molecule has 1 aromatic heterocycles. The highest BCUT2D eigenvalue weighted by molar-refractivity contribution is 6.29. The van der Waals surface area contributed by atoms with Gasteiger partial charge in [-0.25, -0.2) is 4.79 Å². The van der Waals surface area contributed by atoms with E-state index < -0.39 is 5.97 Å². The smallest absolute Gasteiger partial charge is 0.355 e. The molecule has 0 saturated carbocycles. The van der Waals surface area contributed by atoms with Gasteiger partial charge in [0, 0.05) is 12.6 Å². The van der Waals surface area contributed by atoms with Crippen LogP contribution in [0.2, 0.25) is 0 Å². The molecule has 1 aliphatic carbocycles. The van der Waals surface area contributed by atoms with E-state index in [1.807, 2.05) is 30.3 Å². The second kappa shape index (κ2) is 5.92. The molecule has 0 bridgehead atoms. The third kappa shape index (κ3) is 2.29. The van der Waals surface area contributed by atoms with Gasteiger partial charge in [0.2, 0.25) is 0 Å². The third-order valence-corrected chi connectivity index (χ3v) is 4.09. The van der Waals surface area contributed by atoms with Gasteiger partial charge >= 0.3 is 5.97 Å². The van der Waals surface area contributed by atoms with Crippen molar-refractivity contribution in [1.82, 2.24) is 4.57 Å². The minimum atomic E-state index is -0.604. The summed E-state index contributed by atoms with van der Waals surface area (Å²) in [6.45, 7) is 3.49. The molecule has 0 atom stereocenters. The predicted octanol–water partition coefficient (Wildman–Crippen LogP) is 3.19. The number of allylic oxidation sites excluding steroid dienone is 2. The van der Waals surface area contributed by atoms with Crippen LogP contribution < -0.4 is 0 Å². The number of ketones is 2. The van der Waals surface area contributed by atoms with Gasteiger partial charge in [0.15, 0.2) is 11.6 Å². The molecule has 0 N–H and O–H groups in total. The number of ether oxygens (including phenoxy) is 1. The van der Waals surface area contributed by atoms with E-state index in [1.165, 1.54) is 6.08 Å². The van der Waals surface area contributed by atoms with Crippen molar-refractivity contribution in [3.8, 4) is 11.3 Å². The predicted molar refractivity (Wildman–Crippen MR) is 89.2 cm³/mol. The maximum Gasteiger partial charge on any atom is 0.355 e. The highest BCUT2D eigenvalue weighted by Gasteiger charge is 2.36. The molecule has 1 heterocycles. The fourth-order valence-corrected chi connectivity index (χ4v) is 3.05. The molecule has 0 amide bonds. The van der Waals surface area contributed by atoms with Crippen LogP contribution in [0.3, 0.4) is 0 Å². The van der Waals surface area contributed by atoms with E-state index >= 15 is 0 Å². The van der Waals surface area contributed by atoms with Crippen molar-refractivity contribution >= 4 is 17.5 Å². The van der Waals surface area contributed by atoms with Gasteiger partial charge in [-0.05, 0) is 25.5 Å². The summed E-state index contributed by atoms with van der Waals surface area (Å²) in [7, 11) is 1.67. The van der Waals surface area contributed by atoms with Gasteiger partial charge in [-0.15, -0.1) is 0 Å². The first-order valence-electron chi connectivity index (χ1n) is 7.69. The van der Waals surface area contributed by atoms with Crippen molar-refractivity contribution in [2.24, 2.45) is 7.05 Å². The van der Waals surface area contributed by atoms with Gasteiger partial charge < -0.3 is 9.30 Å².